The maximum atomic E-state index is 2.32. The van der Waals surface area contributed by atoms with Gasteiger partial charge in [-0.15, -0.1) is 0 Å². The third-order valence-corrected chi connectivity index (χ3v) is 3.53. The molecule has 1 aliphatic rings. The predicted molar refractivity (Wildman–Crippen MR) is 71.1 cm³/mol. The summed E-state index contributed by atoms with van der Waals surface area (Å²) in [6.07, 6.45) is 4.58. The van der Waals surface area contributed by atoms with Gasteiger partial charge in [0.05, 0.1) is 0 Å². The number of hydrogen-bond acceptors (Lipinski definition) is 0. The van der Waals surface area contributed by atoms with Crippen LogP contribution in [0.15, 0.2) is 48.1 Å². The van der Waals surface area contributed by atoms with Gasteiger partial charge >= 0.3 is 0 Å². The van der Waals surface area contributed by atoms with Crippen LogP contribution in [0.25, 0.3) is 5.57 Å². The molecule has 0 N–H and O–H groups in total. The molecule has 0 heteroatoms. The van der Waals surface area contributed by atoms with Crippen LogP contribution in [0, 0.1) is 11.3 Å². The molecule has 1 aromatic rings. The van der Waals surface area contributed by atoms with Crippen LogP contribution < -0.4 is 0 Å². The molecule has 0 aromatic heterocycles. The Morgan fingerprint density at radius 2 is 1.56 bits per heavy atom. The van der Waals surface area contributed by atoms with Gasteiger partial charge in [-0.1, -0.05) is 75.8 Å². The topological polar surface area (TPSA) is 0 Å². The van der Waals surface area contributed by atoms with Crippen molar-refractivity contribution in [3.05, 3.63) is 53.6 Å². The average Bonchev–Trinajstić information content (AvgIpc) is 2.55. The monoisotopic (exact) mass is 212 g/mol. The zero-order valence-corrected chi connectivity index (χ0v) is 10.6. The Labute approximate surface area is 98.7 Å². The second-order valence-corrected chi connectivity index (χ2v) is 5.35. The van der Waals surface area contributed by atoms with E-state index in [2.05, 4.69) is 70.2 Å². The van der Waals surface area contributed by atoms with Gasteiger partial charge in [0.1, 0.15) is 0 Å². The van der Waals surface area contributed by atoms with Gasteiger partial charge < -0.3 is 0 Å². The smallest absolute Gasteiger partial charge is 0.0117 e. The third-order valence-electron chi connectivity index (χ3n) is 3.53. The second-order valence-electron chi connectivity index (χ2n) is 5.35. The van der Waals surface area contributed by atoms with Crippen LogP contribution in [-0.2, 0) is 0 Å². The van der Waals surface area contributed by atoms with Crippen molar-refractivity contribution in [1.29, 1.82) is 0 Å². The van der Waals surface area contributed by atoms with Gasteiger partial charge in [0, 0.05) is 5.41 Å². The molecule has 1 aliphatic carbocycles. The van der Waals surface area contributed by atoms with Crippen LogP contribution in [0.3, 0.4) is 0 Å². The number of allylic oxidation sites excluding steroid dienone is 4. The number of rotatable bonds is 2. The highest BCUT2D eigenvalue weighted by Crippen LogP contribution is 2.47. The van der Waals surface area contributed by atoms with Crippen molar-refractivity contribution in [1.82, 2.24) is 0 Å². The second kappa shape index (κ2) is 3.93. The minimum absolute atomic E-state index is 0.176. The van der Waals surface area contributed by atoms with E-state index in [1.807, 2.05) is 0 Å². The molecule has 0 heterocycles. The van der Waals surface area contributed by atoms with Crippen LogP contribution in [0.4, 0.5) is 0 Å². The molecule has 0 radical (unpaired) electrons. The maximum absolute atomic E-state index is 2.32. The molecule has 0 saturated carbocycles. The summed E-state index contributed by atoms with van der Waals surface area (Å²) in [6.45, 7) is 9.19. The van der Waals surface area contributed by atoms with E-state index in [0.29, 0.717) is 5.92 Å². The lowest BCUT2D eigenvalue weighted by atomic mass is 9.74. The predicted octanol–water partition coefficient (Wildman–Crippen LogP) is 4.69. The summed E-state index contributed by atoms with van der Waals surface area (Å²) >= 11 is 0. The largest absolute Gasteiger partial charge is 0.0622 e. The Hall–Kier alpha value is -1.30. The van der Waals surface area contributed by atoms with Crippen molar-refractivity contribution >= 4 is 5.57 Å². The van der Waals surface area contributed by atoms with E-state index in [0.717, 1.165) is 0 Å². The Morgan fingerprint density at radius 1 is 0.938 bits per heavy atom. The lowest BCUT2D eigenvalue weighted by molar-refractivity contribution is 0.531. The van der Waals surface area contributed by atoms with Crippen LogP contribution in [-0.4, -0.2) is 0 Å². The van der Waals surface area contributed by atoms with Crippen LogP contribution in [0.5, 0.6) is 0 Å². The molecule has 0 atom stereocenters. The fourth-order valence-electron chi connectivity index (χ4n) is 2.73. The normalized spacial score (nSPS) is 18.6. The highest BCUT2D eigenvalue weighted by molar-refractivity contribution is 5.77. The summed E-state index contributed by atoms with van der Waals surface area (Å²) in [5.41, 5.74) is 4.50. The molecular formula is C16H20. The summed E-state index contributed by atoms with van der Waals surface area (Å²) < 4.78 is 0. The lowest BCUT2D eigenvalue weighted by Gasteiger charge is -2.30. The molecule has 0 saturated heterocycles. The van der Waals surface area contributed by atoms with Crippen molar-refractivity contribution in [3.8, 4) is 0 Å². The molecule has 0 spiro atoms. The van der Waals surface area contributed by atoms with Crippen molar-refractivity contribution in [2.45, 2.75) is 27.7 Å². The maximum Gasteiger partial charge on any atom is 0.0117 e. The van der Waals surface area contributed by atoms with Crippen molar-refractivity contribution in [3.63, 3.8) is 0 Å². The van der Waals surface area contributed by atoms with E-state index >= 15 is 0 Å². The summed E-state index contributed by atoms with van der Waals surface area (Å²) in [7, 11) is 0. The van der Waals surface area contributed by atoms with Gasteiger partial charge in [-0.2, -0.15) is 0 Å². The van der Waals surface area contributed by atoms with Crippen molar-refractivity contribution < 1.29 is 0 Å². The molecule has 0 nitrogen and oxygen atoms in total. The first-order valence-corrected chi connectivity index (χ1v) is 6.01. The Kier molecular flexibility index (Phi) is 2.75. The first-order chi connectivity index (χ1) is 7.53. The molecule has 0 amide bonds. The van der Waals surface area contributed by atoms with E-state index in [9.17, 15) is 0 Å². The van der Waals surface area contributed by atoms with Gasteiger partial charge in [0.15, 0.2) is 0 Å². The lowest BCUT2D eigenvalue weighted by Crippen LogP contribution is -2.17. The summed E-state index contributed by atoms with van der Waals surface area (Å²) in [6, 6.07) is 10.7. The van der Waals surface area contributed by atoms with E-state index in [-0.39, 0.29) is 5.41 Å². The molecule has 0 bridgehead atoms. The fraction of sp³-hybridized carbons (Fsp3) is 0.375. The summed E-state index contributed by atoms with van der Waals surface area (Å²) in [5.74, 6) is 0.618. The molecule has 1 aromatic carbocycles. The highest BCUT2D eigenvalue weighted by Gasteiger charge is 2.33. The zero-order chi connectivity index (χ0) is 11.8. The van der Waals surface area contributed by atoms with Gasteiger partial charge in [-0.3, -0.25) is 0 Å². The van der Waals surface area contributed by atoms with E-state index in [4.69, 9.17) is 0 Å². The van der Waals surface area contributed by atoms with Crippen molar-refractivity contribution in [2.24, 2.45) is 11.3 Å². The van der Waals surface area contributed by atoms with Crippen LogP contribution in [0.2, 0.25) is 0 Å². The molecular weight excluding hydrogens is 192 g/mol. The fourth-order valence-corrected chi connectivity index (χ4v) is 2.73. The first kappa shape index (κ1) is 11.2. The first-order valence-electron chi connectivity index (χ1n) is 6.01. The van der Waals surface area contributed by atoms with Gasteiger partial charge in [0.25, 0.3) is 0 Å². The Bertz CT molecular complexity index is 430. The van der Waals surface area contributed by atoms with Crippen molar-refractivity contribution in [2.75, 3.05) is 0 Å². The quantitative estimate of drug-likeness (QED) is 0.667. The summed E-state index contributed by atoms with van der Waals surface area (Å²) in [4.78, 5) is 0. The van der Waals surface area contributed by atoms with Crippen LogP contribution >= 0.6 is 0 Å². The number of hydrogen-bond donors (Lipinski definition) is 0. The molecule has 0 fully saturated rings. The van der Waals surface area contributed by atoms with Gasteiger partial charge in [-0.25, -0.2) is 0 Å². The molecule has 2 rings (SSSR count). The Morgan fingerprint density at radius 3 is 2.06 bits per heavy atom. The zero-order valence-electron chi connectivity index (χ0n) is 10.6. The van der Waals surface area contributed by atoms with E-state index in [1.165, 1.54) is 16.7 Å². The standard InChI is InChI=1S/C16H20/c1-12(2)14-10-11-15(16(14,3)4)13-8-6-5-7-9-13/h5-12H,1-4H3. The van der Waals surface area contributed by atoms with E-state index in [1.54, 1.807) is 0 Å². The highest BCUT2D eigenvalue weighted by atomic mass is 14.4. The number of benzene rings is 1. The molecule has 16 heavy (non-hydrogen) atoms. The minimum atomic E-state index is 0.176. The van der Waals surface area contributed by atoms with Gasteiger partial charge in [0.2, 0.25) is 0 Å². The average molecular weight is 212 g/mol. The summed E-state index contributed by atoms with van der Waals surface area (Å²) in [5, 5.41) is 0. The van der Waals surface area contributed by atoms with Gasteiger partial charge in [-0.05, 0) is 17.1 Å². The molecule has 0 aliphatic heterocycles. The molecule has 84 valence electrons. The minimum Gasteiger partial charge on any atom is -0.0622 e. The van der Waals surface area contributed by atoms with E-state index < -0.39 is 0 Å². The Balaban J connectivity index is 2.36. The third kappa shape index (κ3) is 1.73. The molecule has 0 unspecified atom stereocenters. The SMILES string of the molecule is CC(C)C1=CC=C(c2ccccc2)C1(C)C. The van der Waals surface area contributed by atoms with Crippen LogP contribution in [0.1, 0.15) is 33.3 Å².